The molecule has 1 saturated heterocycles. The van der Waals surface area contributed by atoms with Gasteiger partial charge in [-0.3, -0.25) is 0 Å². The lowest BCUT2D eigenvalue weighted by Gasteiger charge is -2.70. The molecule has 1 heterocycles. The quantitative estimate of drug-likeness (QED) is 0.422. The molecule has 0 radical (unpaired) electrons. The van der Waals surface area contributed by atoms with Gasteiger partial charge in [-0.2, -0.15) is 0 Å². The zero-order valence-corrected chi connectivity index (χ0v) is 23.3. The van der Waals surface area contributed by atoms with Gasteiger partial charge in [0, 0.05) is 11.8 Å². The zero-order chi connectivity index (χ0) is 26.0. The Balaban J connectivity index is 1.37. The number of hydrogen-bond donors (Lipinski definition) is 2. The van der Waals surface area contributed by atoms with Gasteiger partial charge in [-0.1, -0.05) is 51.1 Å². The van der Waals surface area contributed by atoms with Crippen molar-refractivity contribution in [1.82, 2.24) is 0 Å². The lowest BCUT2D eigenvalue weighted by molar-refractivity contribution is -0.425. The first-order chi connectivity index (χ1) is 17.4. The summed E-state index contributed by atoms with van der Waals surface area (Å²) < 4.78 is 0. The molecule has 1 aliphatic heterocycles. The Labute approximate surface area is 222 Å². The van der Waals surface area contributed by atoms with Crippen LogP contribution in [0.2, 0.25) is 0 Å². The summed E-state index contributed by atoms with van der Waals surface area (Å²) in [6.45, 7) is 13.8. The highest BCUT2D eigenvalue weighted by Crippen LogP contribution is 2.74. The number of benzene rings is 1. The van der Waals surface area contributed by atoms with Gasteiger partial charge >= 0.3 is 0 Å². The highest BCUT2D eigenvalue weighted by atomic mass is 17.2. The smallest absolute Gasteiger partial charge is 0.107 e. The number of allylic oxidation sites excluding steroid dienone is 1. The highest BCUT2D eigenvalue weighted by Gasteiger charge is 2.72. The van der Waals surface area contributed by atoms with Crippen molar-refractivity contribution in [3.63, 3.8) is 0 Å². The van der Waals surface area contributed by atoms with Gasteiger partial charge in [-0.05, 0) is 116 Å². The molecule has 4 saturated carbocycles. The maximum atomic E-state index is 12.9. The van der Waals surface area contributed by atoms with E-state index in [9.17, 15) is 10.2 Å². The molecule has 202 valence electrons. The van der Waals surface area contributed by atoms with Crippen molar-refractivity contribution in [2.45, 2.75) is 115 Å². The third kappa shape index (κ3) is 3.28. The van der Waals surface area contributed by atoms with Crippen LogP contribution in [0, 0.1) is 34.0 Å². The van der Waals surface area contributed by atoms with Crippen LogP contribution in [-0.4, -0.2) is 34.1 Å². The summed E-state index contributed by atoms with van der Waals surface area (Å²) in [6, 6.07) is 7.01. The van der Waals surface area contributed by atoms with Crippen LogP contribution in [0.4, 0.5) is 0 Å². The molecular formula is C33H46O4. The van der Waals surface area contributed by atoms with Crippen molar-refractivity contribution in [3.8, 4) is 0 Å². The van der Waals surface area contributed by atoms with Gasteiger partial charge < -0.3 is 10.2 Å². The highest BCUT2D eigenvalue weighted by molar-refractivity contribution is 5.63. The predicted octanol–water partition coefficient (Wildman–Crippen LogP) is 6.58. The Morgan fingerprint density at radius 3 is 2.62 bits per heavy atom. The van der Waals surface area contributed by atoms with Crippen molar-refractivity contribution < 1.29 is 20.0 Å². The Kier molecular flexibility index (Phi) is 5.17. The monoisotopic (exact) mass is 506 g/mol. The number of hydrogen-bond acceptors (Lipinski definition) is 4. The molecule has 37 heavy (non-hydrogen) atoms. The van der Waals surface area contributed by atoms with E-state index < -0.39 is 11.2 Å². The van der Waals surface area contributed by atoms with Crippen molar-refractivity contribution in [1.29, 1.82) is 0 Å². The largest absolute Gasteiger partial charge is 0.393 e. The predicted molar refractivity (Wildman–Crippen MR) is 145 cm³/mol. The Morgan fingerprint density at radius 2 is 1.86 bits per heavy atom. The number of aliphatic hydroxyl groups excluding tert-OH is 1. The third-order valence-electron chi connectivity index (χ3n) is 12.6. The van der Waals surface area contributed by atoms with Gasteiger partial charge in [-0.25, -0.2) is 9.78 Å². The van der Waals surface area contributed by atoms with Crippen LogP contribution in [-0.2, 0) is 16.2 Å². The van der Waals surface area contributed by atoms with Crippen molar-refractivity contribution in [2.75, 3.05) is 6.61 Å². The van der Waals surface area contributed by atoms with Gasteiger partial charge in [0.05, 0.1) is 18.3 Å². The summed E-state index contributed by atoms with van der Waals surface area (Å²) in [5.41, 5.74) is 3.93. The topological polar surface area (TPSA) is 58.9 Å². The van der Waals surface area contributed by atoms with E-state index in [0.717, 1.165) is 63.4 Å². The average molecular weight is 507 g/mol. The van der Waals surface area contributed by atoms with Crippen LogP contribution in [0.15, 0.2) is 24.8 Å². The standard InChI is InChI=1S/C33H46O4/c1-20(2)21-6-7-23-22(14-21)15-32-13-12-31(17-29(3,4)19-36-37-31)18-33(32,35)11-10-24-26-8-9-27(34)30(26,5)16-25(23)28(24)32/h6-7,14,24-28,34-35H,1,8-13,15-19H2,2-5H3/t24-,25+,26-,27-,28+,30-,31?,32-,33+/m0/s1. The molecule has 2 spiro atoms. The van der Waals surface area contributed by atoms with E-state index >= 15 is 0 Å². The second-order valence-corrected chi connectivity index (χ2v) is 15.3. The van der Waals surface area contributed by atoms with Gasteiger partial charge in [0.1, 0.15) is 5.60 Å². The van der Waals surface area contributed by atoms with Crippen molar-refractivity contribution in [2.24, 2.45) is 34.0 Å². The first-order valence-corrected chi connectivity index (χ1v) is 14.9. The number of aliphatic hydroxyl groups is 2. The van der Waals surface area contributed by atoms with Crippen molar-refractivity contribution in [3.05, 3.63) is 41.5 Å². The minimum Gasteiger partial charge on any atom is -0.393 e. The van der Waals surface area contributed by atoms with Gasteiger partial charge in [0.2, 0.25) is 0 Å². The van der Waals surface area contributed by atoms with E-state index in [1.807, 2.05) is 0 Å². The molecule has 0 aromatic heterocycles. The fourth-order valence-electron chi connectivity index (χ4n) is 11.1. The fourth-order valence-corrected chi connectivity index (χ4v) is 11.1. The second kappa shape index (κ2) is 7.71. The lowest BCUT2D eigenvalue weighted by Crippen LogP contribution is -2.70. The third-order valence-corrected chi connectivity index (χ3v) is 12.6. The fraction of sp³-hybridized carbons (Fsp3) is 0.758. The first-order valence-electron chi connectivity index (χ1n) is 14.9. The molecule has 4 nitrogen and oxygen atoms in total. The summed E-state index contributed by atoms with van der Waals surface area (Å²) in [6.07, 6.45) is 9.31. The van der Waals surface area contributed by atoms with Gasteiger partial charge in [0.15, 0.2) is 0 Å². The van der Waals surface area contributed by atoms with E-state index in [2.05, 4.69) is 52.5 Å². The summed E-state index contributed by atoms with van der Waals surface area (Å²) in [5.74, 6) is 1.99. The summed E-state index contributed by atoms with van der Waals surface area (Å²) >= 11 is 0. The SMILES string of the molecule is C=C(C)c1ccc2c(c1)C[C@]13CCC4(CC(C)(C)COO4)C[C@]1(O)CC[C@@H]1[C@@H]3[C@@H]2C[C@]2(C)[C@@H](O)CC[C@@H]12. The molecule has 4 heteroatoms. The van der Waals surface area contributed by atoms with E-state index in [0.29, 0.717) is 36.7 Å². The molecule has 6 aliphatic rings. The molecule has 9 atom stereocenters. The maximum absolute atomic E-state index is 12.9. The molecule has 2 N–H and O–H groups in total. The Bertz CT molecular complexity index is 1140. The molecule has 1 aromatic rings. The number of rotatable bonds is 1. The lowest BCUT2D eigenvalue weighted by atomic mass is 9.36. The first kappa shape index (κ1) is 24.8. The minimum atomic E-state index is -0.761. The van der Waals surface area contributed by atoms with E-state index in [1.54, 1.807) is 0 Å². The van der Waals surface area contributed by atoms with Crippen LogP contribution >= 0.6 is 0 Å². The van der Waals surface area contributed by atoms with Gasteiger partial charge in [-0.15, -0.1) is 0 Å². The molecule has 1 unspecified atom stereocenters. The van der Waals surface area contributed by atoms with Gasteiger partial charge in [0.25, 0.3) is 0 Å². The van der Waals surface area contributed by atoms with Crippen LogP contribution in [0.3, 0.4) is 0 Å². The molecular weight excluding hydrogens is 460 g/mol. The Morgan fingerprint density at radius 1 is 1.05 bits per heavy atom. The van der Waals surface area contributed by atoms with E-state index in [4.69, 9.17) is 9.78 Å². The average Bonchev–Trinajstić information content (AvgIpc) is 3.12. The van der Waals surface area contributed by atoms with E-state index in [-0.39, 0.29) is 22.3 Å². The zero-order valence-electron chi connectivity index (χ0n) is 23.3. The molecule has 7 rings (SSSR count). The summed E-state index contributed by atoms with van der Waals surface area (Å²) in [5, 5.41) is 24.1. The molecule has 0 bridgehead atoms. The van der Waals surface area contributed by atoms with Crippen LogP contribution in [0.5, 0.6) is 0 Å². The second-order valence-electron chi connectivity index (χ2n) is 15.3. The van der Waals surface area contributed by atoms with Crippen LogP contribution in [0.25, 0.3) is 5.57 Å². The molecule has 5 aliphatic carbocycles. The normalized spacial score (nSPS) is 49.5. The van der Waals surface area contributed by atoms with Crippen LogP contribution in [0.1, 0.15) is 108 Å². The summed E-state index contributed by atoms with van der Waals surface area (Å²) in [7, 11) is 0. The Hall–Kier alpha value is -1.20. The summed E-state index contributed by atoms with van der Waals surface area (Å²) in [4.78, 5) is 11.9. The van der Waals surface area contributed by atoms with Crippen LogP contribution < -0.4 is 0 Å². The maximum Gasteiger partial charge on any atom is 0.107 e. The van der Waals surface area contributed by atoms with E-state index in [1.165, 1.54) is 16.7 Å². The molecule has 1 aromatic carbocycles. The molecule has 5 fully saturated rings. The minimum absolute atomic E-state index is 0.0235. The number of fused-ring (bicyclic) bond motifs is 4. The van der Waals surface area contributed by atoms with Crippen molar-refractivity contribution >= 4 is 5.57 Å². The molecule has 0 amide bonds.